The molecule has 0 radical (unpaired) electrons. The Balaban J connectivity index is 1.67. The van der Waals surface area contributed by atoms with E-state index in [4.69, 9.17) is 0 Å². The van der Waals surface area contributed by atoms with Gasteiger partial charge in [0.25, 0.3) is 11.5 Å². The first-order valence-electron chi connectivity index (χ1n) is 8.92. The highest BCUT2D eigenvalue weighted by molar-refractivity contribution is 7.20. The molecule has 0 aliphatic rings. The van der Waals surface area contributed by atoms with Crippen molar-refractivity contribution in [2.75, 3.05) is 5.32 Å². The van der Waals surface area contributed by atoms with Gasteiger partial charge < -0.3 is 9.88 Å². The lowest BCUT2D eigenvalue weighted by atomic mass is 10.0. The molecular weight excluding hydrogens is 370 g/mol. The summed E-state index contributed by atoms with van der Waals surface area (Å²) in [7, 11) is 1.66. The quantitative estimate of drug-likeness (QED) is 0.570. The van der Waals surface area contributed by atoms with Crippen LogP contribution >= 0.6 is 11.3 Å². The van der Waals surface area contributed by atoms with E-state index >= 15 is 0 Å². The van der Waals surface area contributed by atoms with Crippen LogP contribution in [0.4, 0.5) is 5.69 Å². The minimum atomic E-state index is -0.219. The highest BCUT2D eigenvalue weighted by atomic mass is 32.1. The van der Waals surface area contributed by atoms with Gasteiger partial charge in [0, 0.05) is 12.7 Å². The Bertz CT molecular complexity index is 1230. The molecule has 2 heterocycles. The Hall–Kier alpha value is -3.25. The van der Waals surface area contributed by atoms with E-state index in [1.807, 2.05) is 42.5 Å². The van der Waals surface area contributed by atoms with Gasteiger partial charge in [0.05, 0.1) is 16.6 Å². The number of rotatable bonds is 4. The Labute approximate surface area is 166 Å². The van der Waals surface area contributed by atoms with E-state index in [1.165, 1.54) is 27.8 Å². The molecule has 2 aromatic carbocycles. The first-order chi connectivity index (χ1) is 13.5. The van der Waals surface area contributed by atoms with Crippen molar-refractivity contribution in [3.63, 3.8) is 0 Å². The number of hydrogen-bond donors (Lipinski definition) is 1. The average Bonchev–Trinajstić information content (AvgIpc) is 3.04. The number of benzene rings is 2. The van der Waals surface area contributed by atoms with Crippen molar-refractivity contribution < 1.29 is 4.79 Å². The number of carbonyl (C=O) groups is 1. The van der Waals surface area contributed by atoms with Crippen molar-refractivity contribution in [1.29, 1.82) is 0 Å². The zero-order valence-electron chi connectivity index (χ0n) is 15.6. The molecule has 6 heteroatoms. The molecule has 0 bridgehead atoms. The second kappa shape index (κ2) is 7.40. The van der Waals surface area contributed by atoms with Crippen LogP contribution in [0.2, 0.25) is 0 Å². The first kappa shape index (κ1) is 18.1. The summed E-state index contributed by atoms with van der Waals surface area (Å²) in [5.74, 6) is -0.219. The van der Waals surface area contributed by atoms with Crippen LogP contribution in [-0.4, -0.2) is 15.5 Å². The molecule has 0 aliphatic heterocycles. The predicted molar refractivity (Wildman–Crippen MR) is 113 cm³/mol. The lowest BCUT2D eigenvalue weighted by molar-refractivity contribution is 0.103. The highest BCUT2D eigenvalue weighted by Crippen LogP contribution is 2.28. The molecule has 2 aromatic heterocycles. The van der Waals surface area contributed by atoms with Crippen molar-refractivity contribution in [3.8, 4) is 0 Å². The van der Waals surface area contributed by atoms with E-state index in [1.54, 1.807) is 14.0 Å². The average molecular weight is 389 g/mol. The molecule has 0 unspecified atom stereocenters. The maximum Gasteiger partial charge on any atom is 0.266 e. The van der Waals surface area contributed by atoms with E-state index in [2.05, 4.69) is 22.4 Å². The third kappa shape index (κ3) is 3.34. The molecular formula is C22H19N3O2S. The van der Waals surface area contributed by atoms with Gasteiger partial charge in [-0.2, -0.15) is 0 Å². The summed E-state index contributed by atoms with van der Waals surface area (Å²) in [5.41, 5.74) is 3.52. The van der Waals surface area contributed by atoms with Gasteiger partial charge in [-0.3, -0.25) is 9.59 Å². The summed E-state index contributed by atoms with van der Waals surface area (Å²) >= 11 is 1.25. The molecule has 0 atom stereocenters. The number of nitrogens with zero attached hydrogens (tertiary/aromatic N) is 2. The van der Waals surface area contributed by atoms with Crippen LogP contribution in [0.1, 0.15) is 26.4 Å². The normalized spacial score (nSPS) is 10.9. The molecule has 0 saturated carbocycles. The van der Waals surface area contributed by atoms with Crippen LogP contribution < -0.4 is 10.9 Å². The van der Waals surface area contributed by atoms with E-state index in [0.29, 0.717) is 20.7 Å². The second-order valence-electron chi connectivity index (χ2n) is 6.67. The number of nitrogens with one attached hydrogen (secondary N) is 1. The van der Waals surface area contributed by atoms with Crippen molar-refractivity contribution in [2.45, 2.75) is 13.3 Å². The fraction of sp³-hybridized carbons (Fsp3) is 0.136. The number of carbonyl (C=O) groups excluding carboxylic acids is 1. The number of fused-ring (bicyclic) bond motifs is 1. The molecule has 0 spiro atoms. The van der Waals surface area contributed by atoms with Gasteiger partial charge in [0.2, 0.25) is 0 Å². The van der Waals surface area contributed by atoms with Crippen molar-refractivity contribution >= 4 is 33.1 Å². The minimum absolute atomic E-state index is 0.137. The number of thiophene rings is 1. The molecule has 4 rings (SSSR count). The smallest absolute Gasteiger partial charge is 0.266 e. The molecule has 4 aromatic rings. The van der Waals surface area contributed by atoms with Gasteiger partial charge >= 0.3 is 0 Å². The van der Waals surface area contributed by atoms with Crippen LogP contribution in [0.15, 0.2) is 65.7 Å². The SMILES string of the molecule is Cc1c(C(=O)Nc2ccccc2Cc2ccccc2)sc2ncn(C)c(=O)c12. The van der Waals surface area contributed by atoms with Gasteiger partial charge in [-0.15, -0.1) is 11.3 Å². The topological polar surface area (TPSA) is 64.0 Å². The second-order valence-corrected chi connectivity index (χ2v) is 7.67. The highest BCUT2D eigenvalue weighted by Gasteiger charge is 2.19. The molecule has 0 fully saturated rings. The van der Waals surface area contributed by atoms with Crippen LogP contribution in [-0.2, 0) is 13.5 Å². The van der Waals surface area contributed by atoms with Crippen LogP contribution in [0.25, 0.3) is 10.2 Å². The summed E-state index contributed by atoms with van der Waals surface area (Å²) in [6.07, 6.45) is 2.21. The standard InChI is InChI=1S/C22H19N3O2S/c1-14-18-21(23-13-25(2)22(18)27)28-19(14)20(26)24-17-11-7-6-10-16(17)12-15-8-4-3-5-9-15/h3-11,13H,12H2,1-2H3,(H,24,26). The third-order valence-electron chi connectivity index (χ3n) is 4.72. The molecule has 0 aliphatic carbocycles. The molecule has 1 amide bonds. The van der Waals surface area contributed by atoms with E-state index < -0.39 is 0 Å². The Morgan fingerprint density at radius 3 is 2.61 bits per heavy atom. The molecule has 28 heavy (non-hydrogen) atoms. The molecule has 0 saturated heterocycles. The van der Waals surface area contributed by atoms with Gasteiger partial charge in [0.1, 0.15) is 4.83 Å². The summed E-state index contributed by atoms with van der Waals surface area (Å²) in [4.78, 5) is 30.8. The monoisotopic (exact) mass is 389 g/mol. The van der Waals surface area contributed by atoms with Gasteiger partial charge in [-0.1, -0.05) is 48.5 Å². The van der Waals surface area contributed by atoms with E-state index in [-0.39, 0.29) is 11.5 Å². The van der Waals surface area contributed by atoms with Crippen molar-refractivity contribution in [3.05, 3.63) is 92.8 Å². The Morgan fingerprint density at radius 1 is 1.11 bits per heavy atom. The van der Waals surface area contributed by atoms with Gasteiger partial charge in [-0.05, 0) is 36.1 Å². The number of para-hydroxylation sites is 1. The zero-order chi connectivity index (χ0) is 19.7. The zero-order valence-corrected chi connectivity index (χ0v) is 16.4. The summed E-state index contributed by atoms with van der Waals surface area (Å²) in [6, 6.07) is 17.9. The summed E-state index contributed by atoms with van der Waals surface area (Å²) < 4.78 is 1.43. The van der Waals surface area contributed by atoms with Gasteiger partial charge in [-0.25, -0.2) is 4.98 Å². The van der Waals surface area contributed by atoms with Crippen LogP contribution in [0.5, 0.6) is 0 Å². The Kier molecular flexibility index (Phi) is 4.79. The van der Waals surface area contributed by atoms with Crippen LogP contribution in [0.3, 0.4) is 0 Å². The number of amides is 1. The maximum absolute atomic E-state index is 13.0. The fourth-order valence-corrected chi connectivity index (χ4v) is 4.25. The van der Waals surface area contributed by atoms with Crippen molar-refractivity contribution in [1.82, 2.24) is 9.55 Å². The number of aromatic nitrogens is 2. The number of hydrogen-bond acceptors (Lipinski definition) is 4. The van der Waals surface area contributed by atoms with Gasteiger partial charge in [0.15, 0.2) is 0 Å². The lowest BCUT2D eigenvalue weighted by Crippen LogP contribution is -2.17. The molecule has 1 N–H and O–H groups in total. The summed E-state index contributed by atoms with van der Waals surface area (Å²) in [5, 5.41) is 3.53. The van der Waals surface area contributed by atoms with Crippen molar-refractivity contribution in [2.24, 2.45) is 7.05 Å². The largest absolute Gasteiger partial charge is 0.321 e. The number of aryl methyl sites for hydroxylation is 2. The minimum Gasteiger partial charge on any atom is -0.321 e. The predicted octanol–water partition coefficient (Wildman–Crippen LogP) is 4.15. The fourth-order valence-electron chi connectivity index (χ4n) is 3.22. The molecule has 5 nitrogen and oxygen atoms in total. The Morgan fingerprint density at radius 2 is 1.82 bits per heavy atom. The lowest BCUT2D eigenvalue weighted by Gasteiger charge is -2.11. The third-order valence-corrected chi connectivity index (χ3v) is 5.92. The number of anilines is 1. The summed E-state index contributed by atoms with van der Waals surface area (Å²) in [6.45, 7) is 1.80. The maximum atomic E-state index is 13.0. The van der Waals surface area contributed by atoms with Crippen LogP contribution in [0, 0.1) is 6.92 Å². The first-order valence-corrected chi connectivity index (χ1v) is 9.74. The van der Waals surface area contributed by atoms with E-state index in [9.17, 15) is 9.59 Å². The molecule has 140 valence electrons. The van der Waals surface area contributed by atoms with E-state index in [0.717, 1.165) is 17.7 Å².